The van der Waals surface area contributed by atoms with E-state index < -0.39 is 0 Å². The summed E-state index contributed by atoms with van der Waals surface area (Å²) in [5, 5.41) is 8.08. The molecule has 0 aliphatic heterocycles. The number of nitrogens with two attached hydrogens (primary N) is 1. The molecule has 0 unspecified atom stereocenters. The van der Waals surface area contributed by atoms with Gasteiger partial charge >= 0.3 is 0 Å². The molecule has 0 bridgehead atoms. The Morgan fingerprint density at radius 2 is 1.74 bits per heavy atom. The van der Waals surface area contributed by atoms with E-state index in [1.165, 1.54) is 0 Å². The molecule has 5 heteroatoms. The lowest BCUT2D eigenvalue weighted by molar-refractivity contribution is 0.584. The molecule has 19 heavy (non-hydrogen) atoms. The third-order valence-electron chi connectivity index (χ3n) is 2.79. The summed E-state index contributed by atoms with van der Waals surface area (Å²) in [5.41, 5.74) is 9.23. The molecule has 2 heterocycles. The highest BCUT2D eigenvalue weighted by molar-refractivity contribution is 5.71. The summed E-state index contributed by atoms with van der Waals surface area (Å²) in [6.07, 6.45) is 3.36. The second-order valence-electron chi connectivity index (χ2n) is 4.24. The van der Waals surface area contributed by atoms with Gasteiger partial charge in [-0.05, 0) is 31.2 Å². The zero-order valence-corrected chi connectivity index (χ0v) is 10.4. The largest absolute Gasteiger partial charge is 0.416 e. The Labute approximate surface area is 110 Å². The van der Waals surface area contributed by atoms with Crippen molar-refractivity contribution >= 4 is 5.69 Å². The quantitative estimate of drug-likeness (QED) is 0.709. The molecular formula is C14H12N4O. The number of pyridine rings is 1. The van der Waals surface area contributed by atoms with Crippen molar-refractivity contribution in [3.63, 3.8) is 0 Å². The maximum Gasteiger partial charge on any atom is 0.250 e. The SMILES string of the molecule is Cc1ccc(N)c(-c2nnc(-c3ccncc3)o2)c1. The van der Waals surface area contributed by atoms with Crippen LogP contribution < -0.4 is 5.73 Å². The minimum Gasteiger partial charge on any atom is -0.416 e. The predicted octanol–water partition coefficient (Wildman–Crippen LogP) is 2.69. The molecule has 2 N–H and O–H groups in total. The third-order valence-corrected chi connectivity index (χ3v) is 2.79. The number of anilines is 1. The fourth-order valence-electron chi connectivity index (χ4n) is 1.80. The van der Waals surface area contributed by atoms with Gasteiger partial charge in [0.15, 0.2) is 0 Å². The molecule has 3 rings (SSSR count). The van der Waals surface area contributed by atoms with E-state index in [4.69, 9.17) is 10.2 Å². The molecule has 0 fully saturated rings. The van der Waals surface area contributed by atoms with E-state index in [1.54, 1.807) is 12.4 Å². The molecule has 1 aromatic carbocycles. The molecule has 5 nitrogen and oxygen atoms in total. The standard InChI is InChI=1S/C14H12N4O/c1-9-2-3-12(15)11(8-9)14-18-17-13(19-14)10-4-6-16-7-5-10/h2-8H,15H2,1H3. The third kappa shape index (κ3) is 2.18. The summed E-state index contributed by atoms with van der Waals surface area (Å²) in [5.74, 6) is 0.881. The lowest BCUT2D eigenvalue weighted by Crippen LogP contribution is -1.90. The van der Waals surface area contributed by atoms with E-state index in [9.17, 15) is 0 Å². The van der Waals surface area contributed by atoms with Crippen molar-refractivity contribution in [2.75, 3.05) is 5.73 Å². The van der Waals surface area contributed by atoms with E-state index in [2.05, 4.69) is 15.2 Å². The van der Waals surface area contributed by atoms with Gasteiger partial charge in [0, 0.05) is 23.6 Å². The van der Waals surface area contributed by atoms with Gasteiger partial charge in [-0.2, -0.15) is 0 Å². The van der Waals surface area contributed by atoms with Gasteiger partial charge in [-0.1, -0.05) is 11.6 Å². The van der Waals surface area contributed by atoms with Crippen LogP contribution in [0, 0.1) is 6.92 Å². The van der Waals surface area contributed by atoms with Crippen molar-refractivity contribution in [2.45, 2.75) is 6.92 Å². The van der Waals surface area contributed by atoms with E-state index in [1.807, 2.05) is 37.3 Å². The highest BCUT2D eigenvalue weighted by atomic mass is 16.4. The molecule has 0 aliphatic carbocycles. The van der Waals surface area contributed by atoms with Gasteiger partial charge in [-0.15, -0.1) is 10.2 Å². The Hall–Kier alpha value is -2.69. The minimum absolute atomic E-state index is 0.424. The number of rotatable bonds is 2. The monoisotopic (exact) mass is 252 g/mol. The van der Waals surface area contributed by atoms with Gasteiger partial charge in [-0.3, -0.25) is 4.98 Å². The van der Waals surface area contributed by atoms with Crippen LogP contribution in [0.15, 0.2) is 47.1 Å². The van der Waals surface area contributed by atoms with E-state index in [-0.39, 0.29) is 0 Å². The van der Waals surface area contributed by atoms with Crippen LogP contribution in [0.3, 0.4) is 0 Å². The maximum absolute atomic E-state index is 5.93. The summed E-state index contributed by atoms with van der Waals surface area (Å²) in [4.78, 5) is 3.95. The van der Waals surface area contributed by atoms with Crippen LogP contribution in [-0.2, 0) is 0 Å². The molecule has 0 amide bonds. The van der Waals surface area contributed by atoms with Crippen LogP contribution >= 0.6 is 0 Å². The van der Waals surface area contributed by atoms with E-state index in [0.29, 0.717) is 17.5 Å². The first kappa shape index (κ1) is 11.4. The lowest BCUT2D eigenvalue weighted by atomic mass is 10.1. The molecule has 0 atom stereocenters. The predicted molar refractivity (Wildman–Crippen MR) is 72.1 cm³/mol. The fourth-order valence-corrected chi connectivity index (χ4v) is 1.80. The Morgan fingerprint density at radius 3 is 2.53 bits per heavy atom. The first-order valence-corrected chi connectivity index (χ1v) is 5.84. The highest BCUT2D eigenvalue weighted by Crippen LogP contribution is 2.28. The van der Waals surface area contributed by atoms with Gasteiger partial charge in [0.1, 0.15) is 0 Å². The van der Waals surface area contributed by atoms with Crippen LogP contribution in [0.4, 0.5) is 5.69 Å². The van der Waals surface area contributed by atoms with Crippen LogP contribution in [-0.4, -0.2) is 15.2 Å². The van der Waals surface area contributed by atoms with Crippen molar-refractivity contribution in [3.05, 3.63) is 48.3 Å². The van der Waals surface area contributed by atoms with Gasteiger partial charge in [0.25, 0.3) is 0 Å². The van der Waals surface area contributed by atoms with Crippen molar-refractivity contribution in [3.8, 4) is 22.9 Å². The Kier molecular flexibility index (Phi) is 2.72. The average Bonchev–Trinajstić information content (AvgIpc) is 2.92. The van der Waals surface area contributed by atoms with E-state index >= 15 is 0 Å². The molecule has 2 aromatic heterocycles. The molecule has 94 valence electrons. The Bertz CT molecular complexity index is 706. The number of nitrogen functional groups attached to an aromatic ring is 1. The summed E-state index contributed by atoms with van der Waals surface area (Å²) < 4.78 is 5.66. The zero-order valence-electron chi connectivity index (χ0n) is 10.4. The Balaban J connectivity index is 2.04. The highest BCUT2D eigenvalue weighted by Gasteiger charge is 2.12. The van der Waals surface area contributed by atoms with Crippen molar-refractivity contribution in [1.82, 2.24) is 15.2 Å². The molecule has 0 radical (unpaired) electrons. The maximum atomic E-state index is 5.93. The first-order valence-electron chi connectivity index (χ1n) is 5.84. The second kappa shape index (κ2) is 4.53. The van der Waals surface area contributed by atoms with Crippen LogP contribution in [0.5, 0.6) is 0 Å². The first-order chi connectivity index (χ1) is 9.24. The number of nitrogens with zero attached hydrogens (tertiary/aromatic N) is 3. The van der Waals surface area contributed by atoms with Crippen LogP contribution in [0.2, 0.25) is 0 Å². The van der Waals surface area contributed by atoms with Crippen molar-refractivity contribution in [2.24, 2.45) is 0 Å². The topological polar surface area (TPSA) is 77.8 Å². The van der Waals surface area contributed by atoms with Gasteiger partial charge < -0.3 is 10.2 Å². The molecular weight excluding hydrogens is 240 g/mol. The molecule has 0 spiro atoms. The Morgan fingerprint density at radius 1 is 1.00 bits per heavy atom. The fraction of sp³-hybridized carbons (Fsp3) is 0.0714. The normalized spacial score (nSPS) is 10.6. The number of benzene rings is 1. The van der Waals surface area contributed by atoms with Crippen molar-refractivity contribution < 1.29 is 4.42 Å². The summed E-state index contributed by atoms with van der Waals surface area (Å²) in [6.45, 7) is 1.99. The number of hydrogen-bond donors (Lipinski definition) is 1. The smallest absolute Gasteiger partial charge is 0.250 e. The van der Waals surface area contributed by atoms with E-state index in [0.717, 1.165) is 16.7 Å². The van der Waals surface area contributed by atoms with Crippen molar-refractivity contribution in [1.29, 1.82) is 0 Å². The molecule has 0 saturated carbocycles. The number of aryl methyl sites for hydroxylation is 1. The minimum atomic E-state index is 0.424. The summed E-state index contributed by atoms with van der Waals surface area (Å²) in [7, 11) is 0. The van der Waals surface area contributed by atoms with Crippen LogP contribution in [0.25, 0.3) is 22.9 Å². The molecule has 3 aromatic rings. The lowest BCUT2D eigenvalue weighted by Gasteiger charge is -2.01. The summed E-state index contributed by atoms with van der Waals surface area (Å²) >= 11 is 0. The summed E-state index contributed by atoms with van der Waals surface area (Å²) in [6, 6.07) is 9.34. The molecule has 0 saturated heterocycles. The van der Waals surface area contributed by atoms with Gasteiger partial charge in [0.05, 0.1) is 5.56 Å². The average molecular weight is 252 g/mol. The second-order valence-corrected chi connectivity index (χ2v) is 4.24. The molecule has 0 aliphatic rings. The number of aromatic nitrogens is 3. The van der Waals surface area contributed by atoms with Crippen LogP contribution in [0.1, 0.15) is 5.56 Å². The zero-order chi connectivity index (χ0) is 13.2. The van der Waals surface area contributed by atoms with Gasteiger partial charge in [-0.25, -0.2) is 0 Å². The van der Waals surface area contributed by atoms with Gasteiger partial charge in [0.2, 0.25) is 11.8 Å². The number of hydrogen-bond acceptors (Lipinski definition) is 5.